The number of fused-ring (bicyclic) bond motifs is 1. The summed E-state index contributed by atoms with van der Waals surface area (Å²) >= 11 is 6.63. The molecule has 2 aromatic carbocycles. The van der Waals surface area contributed by atoms with Crippen molar-refractivity contribution in [3.05, 3.63) is 101 Å². The SMILES string of the molecule is CC(C)(O)c1cccc(Cc2nnc(-c3nc(-c4cc(Cl)c5ncccc5c4)c(-c4ccccc4)nc3N)[nH]2)n1. The van der Waals surface area contributed by atoms with Gasteiger partial charge in [-0.2, -0.15) is 0 Å². The molecule has 0 bridgehead atoms. The Morgan fingerprint density at radius 3 is 2.45 bits per heavy atom. The summed E-state index contributed by atoms with van der Waals surface area (Å²) < 4.78 is 0. The normalized spacial score (nSPS) is 11.7. The Balaban J connectivity index is 1.44. The van der Waals surface area contributed by atoms with Crippen LogP contribution < -0.4 is 5.73 Å². The van der Waals surface area contributed by atoms with Crippen LogP contribution in [0, 0.1) is 0 Å². The molecule has 4 N–H and O–H groups in total. The minimum absolute atomic E-state index is 0.209. The summed E-state index contributed by atoms with van der Waals surface area (Å²) in [5, 5.41) is 20.3. The van der Waals surface area contributed by atoms with Crippen LogP contribution in [0.1, 0.15) is 31.1 Å². The zero-order chi connectivity index (χ0) is 27.9. The molecule has 10 heteroatoms. The predicted octanol–water partition coefficient (Wildman–Crippen LogP) is 5.59. The van der Waals surface area contributed by atoms with Crippen molar-refractivity contribution in [1.29, 1.82) is 0 Å². The first-order valence-electron chi connectivity index (χ1n) is 12.6. The van der Waals surface area contributed by atoms with E-state index in [0.29, 0.717) is 51.4 Å². The molecule has 0 atom stereocenters. The average Bonchev–Trinajstić information content (AvgIpc) is 3.41. The van der Waals surface area contributed by atoms with Gasteiger partial charge in [0.2, 0.25) is 0 Å². The second-order valence-electron chi connectivity index (χ2n) is 9.92. The number of hydrogen-bond acceptors (Lipinski definition) is 8. The van der Waals surface area contributed by atoms with E-state index >= 15 is 0 Å². The van der Waals surface area contributed by atoms with Crippen molar-refractivity contribution in [1.82, 2.24) is 35.1 Å². The number of halogens is 1. The largest absolute Gasteiger partial charge is 0.384 e. The zero-order valence-corrected chi connectivity index (χ0v) is 22.6. The van der Waals surface area contributed by atoms with Gasteiger partial charge in [-0.05, 0) is 44.2 Å². The molecular formula is C30H25ClN8O. The summed E-state index contributed by atoms with van der Waals surface area (Å²) in [6.07, 6.45) is 2.09. The summed E-state index contributed by atoms with van der Waals surface area (Å²) in [6, 6.07) is 22.9. The highest BCUT2D eigenvalue weighted by molar-refractivity contribution is 6.35. The fourth-order valence-electron chi connectivity index (χ4n) is 4.48. The van der Waals surface area contributed by atoms with Crippen molar-refractivity contribution in [2.24, 2.45) is 0 Å². The molecule has 0 unspecified atom stereocenters. The van der Waals surface area contributed by atoms with E-state index in [1.54, 1.807) is 26.1 Å². The minimum atomic E-state index is -1.05. The van der Waals surface area contributed by atoms with Crippen LogP contribution in [0.25, 0.3) is 44.9 Å². The van der Waals surface area contributed by atoms with Crippen LogP contribution in [0.4, 0.5) is 5.82 Å². The summed E-state index contributed by atoms with van der Waals surface area (Å²) in [7, 11) is 0. The van der Waals surface area contributed by atoms with Crippen LogP contribution in [0.3, 0.4) is 0 Å². The van der Waals surface area contributed by atoms with Gasteiger partial charge in [0, 0.05) is 28.4 Å². The highest BCUT2D eigenvalue weighted by atomic mass is 35.5. The number of hydrogen-bond donors (Lipinski definition) is 3. The molecule has 0 amide bonds. The third kappa shape index (κ3) is 5.00. The Kier molecular flexibility index (Phi) is 6.45. The van der Waals surface area contributed by atoms with Crippen molar-refractivity contribution in [3.63, 3.8) is 0 Å². The van der Waals surface area contributed by atoms with Gasteiger partial charge in [-0.25, -0.2) is 9.97 Å². The number of pyridine rings is 2. The number of benzene rings is 2. The van der Waals surface area contributed by atoms with Gasteiger partial charge in [-0.3, -0.25) is 9.97 Å². The summed E-state index contributed by atoms with van der Waals surface area (Å²) in [5.41, 5.74) is 10.6. The van der Waals surface area contributed by atoms with E-state index in [1.165, 1.54) is 0 Å². The van der Waals surface area contributed by atoms with E-state index in [2.05, 4.69) is 25.1 Å². The van der Waals surface area contributed by atoms with E-state index in [0.717, 1.165) is 22.2 Å². The molecule has 0 aliphatic heterocycles. The van der Waals surface area contributed by atoms with Crippen LogP contribution in [-0.2, 0) is 12.0 Å². The number of nitrogens with zero attached hydrogens (tertiary/aromatic N) is 6. The molecule has 0 saturated heterocycles. The molecule has 40 heavy (non-hydrogen) atoms. The molecule has 198 valence electrons. The molecule has 0 aliphatic rings. The van der Waals surface area contributed by atoms with Crippen molar-refractivity contribution >= 4 is 28.3 Å². The van der Waals surface area contributed by atoms with Gasteiger partial charge < -0.3 is 15.8 Å². The smallest absolute Gasteiger partial charge is 0.183 e. The van der Waals surface area contributed by atoms with Gasteiger partial charge in [0.1, 0.15) is 11.4 Å². The van der Waals surface area contributed by atoms with Gasteiger partial charge in [-0.15, -0.1) is 10.2 Å². The number of aromatic nitrogens is 7. The third-order valence-corrected chi connectivity index (χ3v) is 6.73. The number of anilines is 1. The number of aromatic amines is 1. The maximum absolute atomic E-state index is 10.3. The second kappa shape index (κ2) is 10.1. The number of rotatable bonds is 6. The molecular weight excluding hydrogens is 524 g/mol. The maximum atomic E-state index is 10.3. The monoisotopic (exact) mass is 548 g/mol. The Hall–Kier alpha value is -4.73. The fraction of sp³-hybridized carbons (Fsp3) is 0.133. The van der Waals surface area contributed by atoms with E-state index in [9.17, 15) is 5.11 Å². The lowest BCUT2D eigenvalue weighted by molar-refractivity contribution is 0.0736. The van der Waals surface area contributed by atoms with Crippen LogP contribution in [0.5, 0.6) is 0 Å². The highest BCUT2D eigenvalue weighted by Crippen LogP contribution is 2.36. The number of aliphatic hydroxyl groups is 1. The molecule has 4 heterocycles. The van der Waals surface area contributed by atoms with Gasteiger partial charge in [0.15, 0.2) is 17.3 Å². The Morgan fingerprint density at radius 2 is 1.65 bits per heavy atom. The molecule has 0 spiro atoms. The first-order chi connectivity index (χ1) is 19.3. The molecule has 4 aromatic heterocycles. The van der Waals surface area contributed by atoms with E-state index in [4.69, 9.17) is 27.3 Å². The van der Waals surface area contributed by atoms with E-state index in [1.807, 2.05) is 66.7 Å². The molecule has 0 saturated carbocycles. The quantitative estimate of drug-likeness (QED) is 0.244. The van der Waals surface area contributed by atoms with Gasteiger partial charge >= 0.3 is 0 Å². The number of nitrogens with one attached hydrogen (secondary N) is 1. The number of nitrogen functional groups attached to an aromatic ring is 1. The first kappa shape index (κ1) is 25.5. The fourth-order valence-corrected chi connectivity index (χ4v) is 4.75. The molecule has 9 nitrogen and oxygen atoms in total. The molecule has 6 rings (SSSR count). The maximum Gasteiger partial charge on any atom is 0.183 e. The van der Waals surface area contributed by atoms with Crippen molar-refractivity contribution in [3.8, 4) is 34.0 Å². The van der Waals surface area contributed by atoms with Crippen LogP contribution >= 0.6 is 11.6 Å². The van der Waals surface area contributed by atoms with Gasteiger partial charge in [0.05, 0.1) is 34.0 Å². The topological polar surface area (TPSA) is 139 Å². The lowest BCUT2D eigenvalue weighted by atomic mass is 10.0. The Morgan fingerprint density at radius 1 is 0.850 bits per heavy atom. The van der Waals surface area contributed by atoms with E-state index < -0.39 is 5.60 Å². The molecule has 0 aliphatic carbocycles. The zero-order valence-electron chi connectivity index (χ0n) is 21.8. The third-order valence-electron chi connectivity index (χ3n) is 6.44. The lowest BCUT2D eigenvalue weighted by Gasteiger charge is -2.16. The minimum Gasteiger partial charge on any atom is -0.384 e. The summed E-state index contributed by atoms with van der Waals surface area (Å²) in [4.78, 5) is 21.9. The highest BCUT2D eigenvalue weighted by Gasteiger charge is 2.21. The standard InChI is InChI=1S/C30H25ClN8O/c1-30(2,40)22-12-6-11-20(34-22)16-23-35-29(39-38-23)27-28(32)37-25(17-8-4-3-5-9-17)26(36-27)19-14-18-10-7-13-33-24(18)21(31)15-19/h3-15,40H,16H2,1-2H3,(H2,32,37)(H,35,38,39). The second-order valence-corrected chi connectivity index (χ2v) is 10.3. The van der Waals surface area contributed by atoms with Gasteiger partial charge in [0.25, 0.3) is 0 Å². The number of nitrogens with two attached hydrogens (primary N) is 1. The molecule has 6 aromatic rings. The van der Waals surface area contributed by atoms with Crippen LogP contribution in [0.15, 0.2) is 79.0 Å². The Labute approximate surface area is 235 Å². The first-order valence-corrected chi connectivity index (χ1v) is 13.0. The van der Waals surface area contributed by atoms with Crippen molar-refractivity contribution in [2.75, 3.05) is 5.73 Å². The van der Waals surface area contributed by atoms with E-state index in [-0.39, 0.29) is 5.82 Å². The van der Waals surface area contributed by atoms with Crippen molar-refractivity contribution in [2.45, 2.75) is 25.9 Å². The van der Waals surface area contributed by atoms with Crippen LogP contribution in [0.2, 0.25) is 5.02 Å². The predicted molar refractivity (Wildman–Crippen MR) is 155 cm³/mol. The summed E-state index contributed by atoms with van der Waals surface area (Å²) in [6.45, 7) is 3.39. The molecule has 0 radical (unpaired) electrons. The van der Waals surface area contributed by atoms with Crippen molar-refractivity contribution < 1.29 is 5.11 Å². The van der Waals surface area contributed by atoms with Gasteiger partial charge in [-0.1, -0.05) is 54.1 Å². The lowest BCUT2D eigenvalue weighted by Crippen LogP contribution is -2.18. The Bertz CT molecular complexity index is 1850. The average molecular weight is 549 g/mol. The van der Waals surface area contributed by atoms with Crippen LogP contribution in [-0.4, -0.2) is 40.2 Å². The summed E-state index contributed by atoms with van der Waals surface area (Å²) in [5.74, 6) is 1.17. The molecule has 0 fully saturated rings. The number of H-pyrrole nitrogens is 1.